The Morgan fingerprint density at radius 3 is 2.75 bits per heavy atom. The molecule has 1 aliphatic carbocycles. The molecule has 1 saturated carbocycles. The van der Waals surface area contributed by atoms with Crippen LogP contribution in [0.3, 0.4) is 0 Å². The van der Waals surface area contributed by atoms with E-state index in [1.54, 1.807) is 10.9 Å². The molecular formula is C13H24N4O2S. The molecule has 2 N–H and O–H groups in total. The maximum Gasteiger partial charge on any atom is 0.211 e. The predicted molar refractivity (Wildman–Crippen MR) is 78.8 cm³/mol. The quantitative estimate of drug-likeness (QED) is 0.658. The molecule has 6 nitrogen and oxygen atoms in total. The fourth-order valence-electron chi connectivity index (χ4n) is 1.99. The van der Waals surface area contributed by atoms with Gasteiger partial charge in [-0.25, -0.2) is 13.1 Å². The summed E-state index contributed by atoms with van der Waals surface area (Å²) >= 11 is 0. The molecule has 0 radical (unpaired) electrons. The van der Waals surface area contributed by atoms with Crippen molar-refractivity contribution in [3.05, 3.63) is 17.5 Å². The summed E-state index contributed by atoms with van der Waals surface area (Å²) in [6.45, 7) is 3.17. The Labute approximate surface area is 121 Å². The van der Waals surface area contributed by atoms with Crippen LogP contribution in [0.25, 0.3) is 0 Å². The molecule has 7 heteroatoms. The van der Waals surface area contributed by atoms with Crippen molar-refractivity contribution in [3.8, 4) is 0 Å². The van der Waals surface area contributed by atoms with Gasteiger partial charge in [0.25, 0.3) is 0 Å². The third-order valence-electron chi connectivity index (χ3n) is 3.67. The SMILES string of the molecule is Cc1c(CNS(=O)(=O)CCCCNC2CC2)cnn1C. The van der Waals surface area contributed by atoms with Crippen molar-refractivity contribution >= 4 is 10.0 Å². The van der Waals surface area contributed by atoms with Crippen LogP contribution in [0.1, 0.15) is 36.9 Å². The summed E-state index contributed by atoms with van der Waals surface area (Å²) in [5.41, 5.74) is 1.91. The predicted octanol–water partition coefficient (Wildman–Crippen LogP) is 0.680. The molecule has 0 aliphatic heterocycles. The van der Waals surface area contributed by atoms with E-state index < -0.39 is 10.0 Å². The van der Waals surface area contributed by atoms with Crippen LogP contribution >= 0.6 is 0 Å². The summed E-state index contributed by atoms with van der Waals surface area (Å²) in [5.74, 6) is 0.193. The van der Waals surface area contributed by atoms with Gasteiger partial charge in [0.05, 0.1) is 11.9 Å². The Balaban J connectivity index is 1.66. The highest BCUT2D eigenvalue weighted by Gasteiger charge is 2.19. The molecule has 0 aromatic carbocycles. The zero-order chi connectivity index (χ0) is 14.6. The molecule has 114 valence electrons. The van der Waals surface area contributed by atoms with Crippen LogP contribution in [-0.4, -0.2) is 36.5 Å². The first-order valence-corrected chi connectivity index (χ1v) is 8.81. The van der Waals surface area contributed by atoms with Gasteiger partial charge in [-0.3, -0.25) is 4.68 Å². The number of unbranched alkanes of at least 4 members (excludes halogenated alkanes) is 1. The average Bonchev–Trinajstić information content (AvgIpc) is 3.16. The number of hydrogen-bond donors (Lipinski definition) is 2. The zero-order valence-corrected chi connectivity index (χ0v) is 13.0. The molecule has 0 unspecified atom stereocenters. The van der Waals surface area contributed by atoms with E-state index >= 15 is 0 Å². The summed E-state index contributed by atoms with van der Waals surface area (Å²) in [7, 11) is -1.34. The van der Waals surface area contributed by atoms with Gasteiger partial charge in [-0.05, 0) is 39.2 Å². The van der Waals surface area contributed by atoms with Gasteiger partial charge in [-0.2, -0.15) is 5.10 Å². The number of sulfonamides is 1. The van der Waals surface area contributed by atoms with Crippen LogP contribution in [0, 0.1) is 6.92 Å². The number of aryl methyl sites for hydroxylation is 1. The van der Waals surface area contributed by atoms with E-state index in [-0.39, 0.29) is 5.75 Å². The van der Waals surface area contributed by atoms with Crippen molar-refractivity contribution in [1.82, 2.24) is 19.8 Å². The highest BCUT2D eigenvalue weighted by atomic mass is 32.2. The monoisotopic (exact) mass is 300 g/mol. The summed E-state index contributed by atoms with van der Waals surface area (Å²) in [4.78, 5) is 0. The van der Waals surface area contributed by atoms with Crippen molar-refractivity contribution < 1.29 is 8.42 Å². The molecule has 2 rings (SSSR count). The molecule has 1 aromatic heterocycles. The van der Waals surface area contributed by atoms with E-state index in [2.05, 4.69) is 15.1 Å². The van der Waals surface area contributed by atoms with Gasteiger partial charge in [-0.1, -0.05) is 0 Å². The number of aromatic nitrogens is 2. The highest BCUT2D eigenvalue weighted by molar-refractivity contribution is 7.89. The summed E-state index contributed by atoms with van der Waals surface area (Å²) in [5, 5.41) is 7.48. The molecule has 0 saturated heterocycles. The van der Waals surface area contributed by atoms with E-state index in [4.69, 9.17) is 0 Å². The van der Waals surface area contributed by atoms with E-state index in [0.717, 1.165) is 24.2 Å². The van der Waals surface area contributed by atoms with Crippen molar-refractivity contribution in [1.29, 1.82) is 0 Å². The van der Waals surface area contributed by atoms with Crippen molar-refractivity contribution in [2.24, 2.45) is 7.05 Å². The van der Waals surface area contributed by atoms with Crippen LogP contribution in [0.15, 0.2) is 6.20 Å². The lowest BCUT2D eigenvalue weighted by molar-refractivity contribution is 0.572. The highest BCUT2D eigenvalue weighted by Crippen LogP contribution is 2.18. The maximum absolute atomic E-state index is 11.9. The standard InChI is InChI=1S/C13H24N4O2S/c1-11-12(9-15-17(11)2)10-16-20(18,19)8-4-3-7-14-13-5-6-13/h9,13-14,16H,3-8,10H2,1-2H3. The topological polar surface area (TPSA) is 76.0 Å². The first-order valence-electron chi connectivity index (χ1n) is 7.16. The van der Waals surface area contributed by atoms with Crippen LogP contribution in [0.5, 0.6) is 0 Å². The minimum Gasteiger partial charge on any atom is -0.314 e. The van der Waals surface area contributed by atoms with Crippen LogP contribution in [0.4, 0.5) is 0 Å². The molecule has 1 heterocycles. The Hall–Kier alpha value is -0.920. The Morgan fingerprint density at radius 1 is 1.40 bits per heavy atom. The summed E-state index contributed by atoms with van der Waals surface area (Å²) in [6, 6.07) is 0.693. The third kappa shape index (κ3) is 4.88. The molecule has 1 aromatic rings. The summed E-state index contributed by atoms with van der Waals surface area (Å²) in [6.07, 6.45) is 5.84. The number of nitrogens with zero attached hydrogens (tertiary/aromatic N) is 2. The van der Waals surface area contributed by atoms with E-state index in [1.807, 2.05) is 14.0 Å². The molecule has 0 bridgehead atoms. The molecular weight excluding hydrogens is 276 g/mol. The zero-order valence-electron chi connectivity index (χ0n) is 12.2. The number of nitrogens with one attached hydrogen (secondary N) is 2. The van der Waals surface area contributed by atoms with Crippen molar-refractivity contribution in [2.45, 2.75) is 45.2 Å². The molecule has 1 aliphatic rings. The van der Waals surface area contributed by atoms with Gasteiger partial charge >= 0.3 is 0 Å². The van der Waals surface area contributed by atoms with Crippen molar-refractivity contribution in [2.75, 3.05) is 12.3 Å². The second-order valence-corrected chi connectivity index (χ2v) is 7.38. The normalized spacial score (nSPS) is 15.7. The minimum absolute atomic E-state index is 0.193. The van der Waals surface area contributed by atoms with E-state index in [1.165, 1.54) is 12.8 Å². The largest absolute Gasteiger partial charge is 0.314 e. The van der Waals surface area contributed by atoms with E-state index in [9.17, 15) is 8.42 Å². The fraction of sp³-hybridized carbons (Fsp3) is 0.769. The Morgan fingerprint density at radius 2 is 2.15 bits per heavy atom. The second kappa shape index (κ2) is 6.69. The molecule has 1 fully saturated rings. The maximum atomic E-state index is 11.9. The van der Waals surface area contributed by atoms with Crippen LogP contribution in [-0.2, 0) is 23.6 Å². The lowest BCUT2D eigenvalue weighted by Crippen LogP contribution is -2.27. The fourth-order valence-corrected chi connectivity index (χ4v) is 3.09. The van der Waals surface area contributed by atoms with Gasteiger partial charge in [0, 0.05) is 30.9 Å². The Bertz CT molecular complexity index is 535. The third-order valence-corrected chi connectivity index (χ3v) is 5.08. The van der Waals surface area contributed by atoms with Crippen molar-refractivity contribution in [3.63, 3.8) is 0 Å². The first kappa shape index (κ1) is 15.5. The van der Waals surface area contributed by atoms with Gasteiger partial charge in [0.1, 0.15) is 0 Å². The first-order chi connectivity index (χ1) is 9.48. The molecule has 0 atom stereocenters. The van der Waals surface area contributed by atoms with Gasteiger partial charge in [0.2, 0.25) is 10.0 Å². The van der Waals surface area contributed by atoms with Crippen LogP contribution < -0.4 is 10.0 Å². The van der Waals surface area contributed by atoms with Crippen LogP contribution in [0.2, 0.25) is 0 Å². The number of rotatable bonds is 9. The van der Waals surface area contributed by atoms with Gasteiger partial charge in [0.15, 0.2) is 0 Å². The molecule has 20 heavy (non-hydrogen) atoms. The molecule has 0 spiro atoms. The lowest BCUT2D eigenvalue weighted by Gasteiger charge is -2.07. The summed E-state index contributed by atoms with van der Waals surface area (Å²) < 4.78 is 28.1. The molecule has 0 amide bonds. The lowest BCUT2D eigenvalue weighted by atomic mass is 10.3. The Kier molecular flexibility index (Phi) is 5.17. The van der Waals surface area contributed by atoms with Gasteiger partial charge in [-0.15, -0.1) is 0 Å². The smallest absolute Gasteiger partial charge is 0.211 e. The second-order valence-electron chi connectivity index (χ2n) is 5.45. The average molecular weight is 300 g/mol. The van der Waals surface area contributed by atoms with E-state index in [0.29, 0.717) is 19.0 Å². The minimum atomic E-state index is -3.19. The number of hydrogen-bond acceptors (Lipinski definition) is 4. The van der Waals surface area contributed by atoms with Gasteiger partial charge < -0.3 is 5.32 Å².